The van der Waals surface area contributed by atoms with Crippen LogP contribution in [-0.4, -0.2) is 40.5 Å². The molecule has 3 unspecified atom stereocenters. The van der Waals surface area contributed by atoms with Gasteiger partial charge in [-0.05, 0) is 44.6 Å². The van der Waals surface area contributed by atoms with Gasteiger partial charge in [-0.15, -0.1) is 0 Å². The van der Waals surface area contributed by atoms with Crippen LogP contribution in [0.1, 0.15) is 51.4 Å². The largest absolute Gasteiger partial charge is 0.480 e. The molecule has 0 spiro atoms. The molecular formula is C14H24N2O3. The number of aliphatic carboxylic acids is 1. The quantitative estimate of drug-likeness (QED) is 0.712. The summed E-state index contributed by atoms with van der Waals surface area (Å²) in [6, 6.07) is 0.130. The molecule has 108 valence electrons. The van der Waals surface area contributed by atoms with Crippen LogP contribution in [0.4, 0.5) is 0 Å². The van der Waals surface area contributed by atoms with E-state index in [2.05, 4.69) is 4.90 Å². The van der Waals surface area contributed by atoms with Gasteiger partial charge in [0.25, 0.3) is 0 Å². The first kappa shape index (κ1) is 14.3. The summed E-state index contributed by atoms with van der Waals surface area (Å²) >= 11 is 0. The molecule has 0 bridgehead atoms. The average Bonchev–Trinajstić information content (AvgIpc) is 2.73. The van der Waals surface area contributed by atoms with Crippen molar-refractivity contribution in [1.82, 2.24) is 4.90 Å². The number of nitrogens with two attached hydrogens (primary N) is 1. The summed E-state index contributed by atoms with van der Waals surface area (Å²) < 4.78 is 0. The predicted octanol–water partition coefficient (Wildman–Crippen LogP) is 1.36. The number of amides is 1. The van der Waals surface area contributed by atoms with Gasteiger partial charge in [0.1, 0.15) is 6.04 Å². The van der Waals surface area contributed by atoms with Gasteiger partial charge >= 0.3 is 5.97 Å². The molecule has 2 rings (SSSR count). The van der Waals surface area contributed by atoms with E-state index in [1.54, 1.807) is 0 Å². The Morgan fingerprint density at radius 2 is 1.95 bits per heavy atom. The fourth-order valence-electron chi connectivity index (χ4n) is 3.71. The third-order valence-electron chi connectivity index (χ3n) is 4.60. The number of carboxylic acids is 1. The smallest absolute Gasteiger partial charge is 0.320 e. The maximum Gasteiger partial charge on any atom is 0.320 e. The molecule has 2 fully saturated rings. The van der Waals surface area contributed by atoms with E-state index >= 15 is 0 Å². The monoisotopic (exact) mass is 268 g/mol. The Bertz CT molecular complexity index is 346. The van der Waals surface area contributed by atoms with Gasteiger partial charge in [0.05, 0.1) is 0 Å². The molecule has 1 saturated heterocycles. The number of nitrogens with zero attached hydrogens (tertiary/aromatic N) is 1. The molecular weight excluding hydrogens is 244 g/mol. The summed E-state index contributed by atoms with van der Waals surface area (Å²) in [6.07, 6.45) is 7.58. The molecule has 0 aromatic carbocycles. The lowest BCUT2D eigenvalue weighted by atomic mass is 9.85. The highest BCUT2D eigenvalue weighted by atomic mass is 16.4. The number of primary amides is 1. The van der Waals surface area contributed by atoms with Crippen LogP contribution in [0.3, 0.4) is 0 Å². The molecule has 0 aromatic heterocycles. The lowest BCUT2D eigenvalue weighted by molar-refractivity contribution is -0.142. The number of carbonyl (C=O) groups is 2. The first-order valence-electron chi connectivity index (χ1n) is 7.36. The van der Waals surface area contributed by atoms with Gasteiger partial charge in [0, 0.05) is 12.5 Å². The number of unbranched alkanes of at least 4 members (excludes halogenated alkanes) is 1. The number of fused-ring (bicyclic) bond motifs is 1. The molecule has 0 aromatic rings. The van der Waals surface area contributed by atoms with Crippen molar-refractivity contribution < 1.29 is 14.7 Å². The summed E-state index contributed by atoms with van der Waals surface area (Å²) in [5, 5.41) is 9.36. The van der Waals surface area contributed by atoms with E-state index in [0.29, 0.717) is 18.4 Å². The Kier molecular flexibility index (Phi) is 4.80. The van der Waals surface area contributed by atoms with Crippen LogP contribution in [0.15, 0.2) is 0 Å². The van der Waals surface area contributed by atoms with E-state index < -0.39 is 5.97 Å². The number of hydrogen-bond acceptors (Lipinski definition) is 3. The summed E-state index contributed by atoms with van der Waals surface area (Å²) in [7, 11) is 0. The van der Waals surface area contributed by atoms with Gasteiger partial charge in [-0.3, -0.25) is 14.5 Å². The summed E-state index contributed by atoms with van der Waals surface area (Å²) in [4.78, 5) is 24.3. The maximum atomic E-state index is 11.4. The first-order chi connectivity index (χ1) is 9.09. The normalized spacial score (nSPS) is 31.1. The Labute approximate surface area is 114 Å². The summed E-state index contributed by atoms with van der Waals surface area (Å²) in [6.45, 7) is 0.783. The van der Waals surface area contributed by atoms with Gasteiger partial charge in [0.2, 0.25) is 5.91 Å². The van der Waals surface area contributed by atoms with Crippen molar-refractivity contribution in [1.29, 1.82) is 0 Å². The zero-order valence-corrected chi connectivity index (χ0v) is 11.4. The van der Waals surface area contributed by atoms with E-state index in [1.165, 1.54) is 19.3 Å². The Hall–Kier alpha value is -1.10. The topological polar surface area (TPSA) is 83.6 Å². The second kappa shape index (κ2) is 6.37. The van der Waals surface area contributed by atoms with E-state index in [9.17, 15) is 14.7 Å². The molecule has 1 amide bonds. The van der Waals surface area contributed by atoms with Crippen molar-refractivity contribution in [3.05, 3.63) is 0 Å². The second-order valence-corrected chi connectivity index (χ2v) is 5.86. The van der Waals surface area contributed by atoms with Crippen LogP contribution in [0.25, 0.3) is 0 Å². The van der Waals surface area contributed by atoms with Crippen molar-refractivity contribution in [3.63, 3.8) is 0 Å². The van der Waals surface area contributed by atoms with Gasteiger partial charge in [0.15, 0.2) is 0 Å². The number of carbonyl (C=O) groups excluding carboxylic acids is 1. The Balaban J connectivity index is 1.90. The highest BCUT2D eigenvalue weighted by Crippen LogP contribution is 2.39. The molecule has 19 heavy (non-hydrogen) atoms. The van der Waals surface area contributed by atoms with E-state index in [-0.39, 0.29) is 11.9 Å². The molecule has 3 atom stereocenters. The summed E-state index contributed by atoms with van der Waals surface area (Å²) in [5.74, 6) is -0.401. The molecule has 2 aliphatic rings. The Morgan fingerprint density at radius 1 is 1.21 bits per heavy atom. The third-order valence-corrected chi connectivity index (χ3v) is 4.60. The van der Waals surface area contributed by atoms with Crippen LogP contribution in [0, 0.1) is 5.92 Å². The molecule has 5 heteroatoms. The molecule has 5 nitrogen and oxygen atoms in total. The molecule has 1 aliphatic carbocycles. The predicted molar refractivity (Wildman–Crippen MR) is 71.5 cm³/mol. The van der Waals surface area contributed by atoms with Gasteiger partial charge < -0.3 is 10.8 Å². The van der Waals surface area contributed by atoms with Crippen molar-refractivity contribution in [2.45, 2.75) is 63.5 Å². The molecule has 0 radical (unpaired) electrons. The first-order valence-corrected chi connectivity index (χ1v) is 7.36. The molecule has 1 aliphatic heterocycles. The fourth-order valence-corrected chi connectivity index (χ4v) is 3.71. The second-order valence-electron chi connectivity index (χ2n) is 5.86. The Morgan fingerprint density at radius 3 is 2.63 bits per heavy atom. The average molecular weight is 268 g/mol. The zero-order valence-electron chi connectivity index (χ0n) is 11.4. The number of hydrogen-bond donors (Lipinski definition) is 2. The van der Waals surface area contributed by atoms with Gasteiger partial charge in [-0.25, -0.2) is 0 Å². The van der Waals surface area contributed by atoms with Crippen LogP contribution in [-0.2, 0) is 9.59 Å². The maximum absolute atomic E-state index is 11.4. The van der Waals surface area contributed by atoms with Gasteiger partial charge in [-0.2, -0.15) is 0 Å². The van der Waals surface area contributed by atoms with Crippen molar-refractivity contribution >= 4 is 11.9 Å². The van der Waals surface area contributed by atoms with Crippen molar-refractivity contribution in [2.24, 2.45) is 11.7 Å². The number of rotatable bonds is 6. The molecule has 1 saturated carbocycles. The number of carboxylic acid groups (broad SMARTS) is 1. The highest BCUT2D eigenvalue weighted by Gasteiger charge is 2.44. The van der Waals surface area contributed by atoms with E-state index in [1.807, 2.05) is 0 Å². The molecule has 3 N–H and O–H groups in total. The van der Waals surface area contributed by atoms with Crippen molar-refractivity contribution in [2.75, 3.05) is 6.54 Å². The standard InChI is InChI=1S/C14H24N2O3/c15-13(17)7-3-4-8-16-11-6-2-1-5-10(11)9-12(16)14(18)19/h10-12H,1-9H2,(H2,15,17)(H,18,19). The van der Waals surface area contributed by atoms with Crippen molar-refractivity contribution in [3.8, 4) is 0 Å². The molecule has 1 heterocycles. The third kappa shape index (κ3) is 3.47. The SMILES string of the molecule is NC(=O)CCCCN1C(C(=O)O)CC2CCCCC21. The zero-order chi connectivity index (χ0) is 13.8. The lowest BCUT2D eigenvalue weighted by Gasteiger charge is -2.32. The van der Waals surface area contributed by atoms with Crippen LogP contribution < -0.4 is 5.73 Å². The summed E-state index contributed by atoms with van der Waals surface area (Å²) in [5.41, 5.74) is 5.12. The van der Waals surface area contributed by atoms with E-state index in [0.717, 1.165) is 32.2 Å². The minimum Gasteiger partial charge on any atom is -0.480 e. The van der Waals surface area contributed by atoms with Crippen LogP contribution in [0.2, 0.25) is 0 Å². The van der Waals surface area contributed by atoms with E-state index in [4.69, 9.17) is 5.73 Å². The van der Waals surface area contributed by atoms with Crippen LogP contribution in [0.5, 0.6) is 0 Å². The van der Waals surface area contributed by atoms with Gasteiger partial charge in [-0.1, -0.05) is 12.8 Å². The lowest BCUT2D eigenvalue weighted by Crippen LogP contribution is -2.42. The number of likely N-dealkylation sites (tertiary alicyclic amines) is 1. The fraction of sp³-hybridized carbons (Fsp3) is 0.857. The van der Waals surface area contributed by atoms with Crippen LogP contribution >= 0.6 is 0 Å². The minimum absolute atomic E-state index is 0.272. The highest BCUT2D eigenvalue weighted by molar-refractivity contribution is 5.74. The minimum atomic E-state index is -0.690.